The van der Waals surface area contributed by atoms with Gasteiger partial charge in [-0.15, -0.1) is 0 Å². The van der Waals surface area contributed by atoms with Gasteiger partial charge in [0.05, 0.1) is 0 Å². The molecule has 0 unspecified atom stereocenters. The van der Waals surface area contributed by atoms with Crippen molar-refractivity contribution >= 4 is 55.8 Å². The first-order chi connectivity index (χ1) is 22.7. The topological polar surface area (TPSA) is 9.86 Å². The third-order valence-electron chi connectivity index (χ3n) is 9.72. The summed E-state index contributed by atoms with van der Waals surface area (Å²) in [7, 11) is 0. The lowest BCUT2D eigenvalue weighted by atomic mass is 9.78. The van der Waals surface area contributed by atoms with Crippen LogP contribution in [0.15, 0.2) is 152 Å². The van der Waals surface area contributed by atoms with E-state index in [1.54, 1.807) is 0 Å². The first kappa shape index (κ1) is 28.2. The molecule has 7 aromatic rings. The predicted molar refractivity (Wildman–Crippen MR) is 198 cm³/mol. The monoisotopic (exact) mass is 594 g/mol. The van der Waals surface area contributed by atoms with Gasteiger partial charge in [-0.3, -0.25) is 0 Å². The number of nitrogens with zero attached hydrogens (tertiary/aromatic N) is 2. The molecule has 1 aliphatic carbocycles. The number of hydrogen-bond acceptors (Lipinski definition) is 0. The van der Waals surface area contributed by atoms with E-state index in [4.69, 9.17) is 0 Å². The SMILES string of the molecule is CCn1c2ccccc2c2cc(/C=C/C3(/C=C/c4ccc5c(c4)c4ccccc4n5CC)C=CC(c4ccccc4)C=C3)ccc21. The van der Waals surface area contributed by atoms with E-state index in [-0.39, 0.29) is 11.3 Å². The predicted octanol–water partition coefficient (Wildman–Crippen LogP) is 11.6. The summed E-state index contributed by atoms with van der Waals surface area (Å²) in [6.45, 7) is 6.35. The zero-order valence-electron chi connectivity index (χ0n) is 26.5. The Morgan fingerprint density at radius 2 is 0.978 bits per heavy atom. The maximum Gasteiger partial charge on any atom is 0.0491 e. The van der Waals surface area contributed by atoms with Gasteiger partial charge in [0.2, 0.25) is 0 Å². The second-order valence-electron chi connectivity index (χ2n) is 12.4. The van der Waals surface area contributed by atoms with Gasteiger partial charge in [-0.1, -0.05) is 127 Å². The third kappa shape index (κ3) is 4.82. The van der Waals surface area contributed by atoms with Crippen molar-refractivity contribution in [2.75, 3.05) is 0 Å². The summed E-state index contributed by atoms with van der Waals surface area (Å²) in [5.41, 5.74) is 8.56. The van der Waals surface area contributed by atoms with Crippen LogP contribution in [0.2, 0.25) is 0 Å². The Bertz CT molecular complexity index is 2190. The number of aromatic nitrogens is 2. The zero-order chi connectivity index (χ0) is 31.1. The van der Waals surface area contributed by atoms with Crippen molar-refractivity contribution in [1.82, 2.24) is 9.13 Å². The summed E-state index contributed by atoms with van der Waals surface area (Å²) in [6, 6.07) is 42.0. The van der Waals surface area contributed by atoms with Crippen molar-refractivity contribution in [1.29, 1.82) is 0 Å². The highest BCUT2D eigenvalue weighted by Crippen LogP contribution is 2.37. The van der Waals surface area contributed by atoms with Crippen molar-refractivity contribution in [3.05, 3.63) is 168 Å². The fourth-order valence-corrected chi connectivity index (χ4v) is 7.35. The molecule has 46 heavy (non-hydrogen) atoms. The minimum Gasteiger partial charge on any atom is -0.341 e. The molecule has 2 aromatic heterocycles. The molecule has 0 saturated heterocycles. The second-order valence-corrected chi connectivity index (χ2v) is 12.4. The molecule has 0 saturated carbocycles. The minimum atomic E-state index is -0.343. The molecule has 2 heterocycles. The summed E-state index contributed by atoms with van der Waals surface area (Å²) in [5, 5.41) is 5.24. The summed E-state index contributed by atoms with van der Waals surface area (Å²) in [6.07, 6.45) is 18.7. The average Bonchev–Trinajstić information content (AvgIpc) is 3.62. The number of benzene rings is 5. The van der Waals surface area contributed by atoms with Crippen LogP contribution in [0.4, 0.5) is 0 Å². The molecular weight excluding hydrogens is 556 g/mol. The van der Waals surface area contributed by atoms with Crippen LogP contribution in [0, 0.1) is 5.41 Å². The molecule has 0 radical (unpaired) electrons. The van der Waals surface area contributed by atoms with Gasteiger partial charge in [0, 0.05) is 68.0 Å². The largest absolute Gasteiger partial charge is 0.341 e. The maximum atomic E-state index is 2.41. The zero-order valence-corrected chi connectivity index (χ0v) is 26.5. The Morgan fingerprint density at radius 1 is 0.522 bits per heavy atom. The first-order valence-corrected chi connectivity index (χ1v) is 16.5. The van der Waals surface area contributed by atoms with Crippen LogP contribution in [-0.2, 0) is 13.1 Å². The van der Waals surface area contributed by atoms with Crippen molar-refractivity contribution in [2.45, 2.75) is 32.9 Å². The van der Waals surface area contributed by atoms with Crippen LogP contribution in [0.25, 0.3) is 55.8 Å². The van der Waals surface area contributed by atoms with E-state index in [0.717, 1.165) is 13.1 Å². The van der Waals surface area contributed by atoms with E-state index in [1.807, 2.05) is 0 Å². The van der Waals surface area contributed by atoms with Gasteiger partial charge >= 0.3 is 0 Å². The molecule has 0 spiro atoms. The molecule has 0 bridgehead atoms. The number of allylic oxidation sites excluding steroid dienone is 6. The number of hydrogen-bond donors (Lipinski definition) is 0. The van der Waals surface area contributed by atoms with Gasteiger partial charge in [0.1, 0.15) is 0 Å². The van der Waals surface area contributed by atoms with Gasteiger partial charge in [-0.25, -0.2) is 0 Å². The Kier molecular flexibility index (Phi) is 7.07. The third-order valence-corrected chi connectivity index (χ3v) is 9.72. The van der Waals surface area contributed by atoms with E-state index in [9.17, 15) is 0 Å². The van der Waals surface area contributed by atoms with Crippen LogP contribution in [-0.4, -0.2) is 9.13 Å². The molecule has 1 aliphatic rings. The fourth-order valence-electron chi connectivity index (χ4n) is 7.35. The number of rotatable bonds is 7. The smallest absolute Gasteiger partial charge is 0.0491 e. The molecule has 0 aliphatic heterocycles. The normalized spacial score (nSPS) is 15.1. The molecule has 0 amide bonds. The van der Waals surface area contributed by atoms with Crippen molar-refractivity contribution in [3.63, 3.8) is 0 Å². The summed E-state index contributed by atoms with van der Waals surface area (Å²) in [4.78, 5) is 0. The van der Waals surface area contributed by atoms with Crippen LogP contribution in [0.5, 0.6) is 0 Å². The number of fused-ring (bicyclic) bond motifs is 6. The van der Waals surface area contributed by atoms with E-state index in [1.165, 1.54) is 60.3 Å². The molecule has 2 heteroatoms. The van der Waals surface area contributed by atoms with Gasteiger partial charge in [0.15, 0.2) is 0 Å². The van der Waals surface area contributed by atoms with E-state index in [0.29, 0.717) is 0 Å². The first-order valence-electron chi connectivity index (χ1n) is 16.5. The standard InChI is InChI=1S/C44H38N2/c1-3-45-40-16-10-8-14-36(40)38-30-32(18-20-42(38)45)22-26-44(28-24-35(25-29-44)34-12-6-5-7-13-34)27-23-33-19-21-43-39(31-33)37-15-9-11-17-41(37)46(43)4-2/h5-31,35H,3-4H2,1-2H3/b26-22+,27-23+. The fraction of sp³-hybridized carbons (Fsp3) is 0.136. The van der Waals surface area contributed by atoms with Crippen molar-refractivity contribution < 1.29 is 0 Å². The Labute approximate surface area is 270 Å². The molecule has 0 fully saturated rings. The van der Waals surface area contributed by atoms with E-state index in [2.05, 4.69) is 187 Å². The van der Waals surface area contributed by atoms with Crippen LogP contribution in [0.3, 0.4) is 0 Å². The molecule has 5 aromatic carbocycles. The Morgan fingerprint density at radius 3 is 1.48 bits per heavy atom. The Hall–Kier alpha value is -5.34. The summed E-state index contributed by atoms with van der Waals surface area (Å²) < 4.78 is 4.82. The van der Waals surface area contributed by atoms with Gasteiger partial charge in [-0.05, 0) is 66.9 Å². The van der Waals surface area contributed by atoms with E-state index >= 15 is 0 Å². The quantitative estimate of drug-likeness (QED) is 0.162. The van der Waals surface area contributed by atoms with Crippen molar-refractivity contribution in [3.8, 4) is 0 Å². The minimum absolute atomic E-state index is 0.268. The Balaban J connectivity index is 1.19. The molecule has 2 nitrogen and oxygen atoms in total. The van der Waals surface area contributed by atoms with Crippen LogP contribution in [0.1, 0.15) is 36.5 Å². The van der Waals surface area contributed by atoms with E-state index < -0.39 is 0 Å². The maximum absolute atomic E-state index is 2.41. The highest BCUT2D eigenvalue weighted by Gasteiger charge is 2.22. The molecule has 0 N–H and O–H groups in total. The number of para-hydroxylation sites is 2. The lowest BCUT2D eigenvalue weighted by molar-refractivity contribution is 0.789. The molecule has 224 valence electrons. The van der Waals surface area contributed by atoms with Gasteiger partial charge in [-0.2, -0.15) is 0 Å². The molecule has 8 rings (SSSR count). The molecular formula is C44H38N2. The molecule has 0 atom stereocenters. The summed E-state index contributed by atoms with van der Waals surface area (Å²) in [5.74, 6) is 0.268. The number of aryl methyl sites for hydroxylation is 2. The lowest BCUT2D eigenvalue weighted by Gasteiger charge is -2.25. The second kappa shape index (κ2) is 11.5. The van der Waals surface area contributed by atoms with Crippen LogP contribution >= 0.6 is 0 Å². The highest BCUT2D eigenvalue weighted by molar-refractivity contribution is 6.09. The van der Waals surface area contributed by atoms with Gasteiger partial charge in [0.25, 0.3) is 0 Å². The summed E-state index contributed by atoms with van der Waals surface area (Å²) >= 11 is 0. The van der Waals surface area contributed by atoms with Crippen LogP contribution < -0.4 is 0 Å². The van der Waals surface area contributed by atoms with Crippen molar-refractivity contribution in [2.24, 2.45) is 5.41 Å². The average molecular weight is 595 g/mol. The lowest BCUT2D eigenvalue weighted by Crippen LogP contribution is -2.12. The van der Waals surface area contributed by atoms with Gasteiger partial charge < -0.3 is 9.13 Å². The highest BCUT2D eigenvalue weighted by atomic mass is 15.0.